The van der Waals surface area contributed by atoms with Gasteiger partial charge in [0.2, 0.25) is 0 Å². The smallest absolute Gasteiger partial charge is 0.0478 e. The molecule has 0 radical (unpaired) electrons. The van der Waals surface area contributed by atoms with Gasteiger partial charge in [0.05, 0.1) is 0 Å². The third-order valence-corrected chi connectivity index (χ3v) is 3.81. The first-order valence-corrected chi connectivity index (χ1v) is 5.97. The van der Waals surface area contributed by atoms with Crippen molar-refractivity contribution in [1.82, 2.24) is 4.90 Å². The zero-order valence-corrected chi connectivity index (χ0v) is 9.29. The van der Waals surface area contributed by atoms with Crippen LogP contribution < -0.4 is 0 Å². The van der Waals surface area contributed by atoms with Crippen LogP contribution in [0.25, 0.3) is 0 Å². The van der Waals surface area contributed by atoms with Crippen LogP contribution in [0.4, 0.5) is 0 Å². The van der Waals surface area contributed by atoms with E-state index in [4.69, 9.17) is 0 Å². The fourth-order valence-electron chi connectivity index (χ4n) is 2.98. The third-order valence-electron chi connectivity index (χ3n) is 3.81. The number of hydrogen-bond donors (Lipinski definition) is 1. The predicted octanol–water partition coefficient (Wildman–Crippen LogP) is 1.81. The second kappa shape index (κ2) is 4.04. The molecule has 3 atom stereocenters. The van der Waals surface area contributed by atoms with E-state index < -0.39 is 0 Å². The van der Waals surface area contributed by atoms with E-state index in [1.54, 1.807) is 0 Å². The normalized spacial score (nSPS) is 32.4. The molecular formula is C14H17NO. The molecule has 1 fully saturated rings. The van der Waals surface area contributed by atoms with Crippen LogP contribution in [0.3, 0.4) is 0 Å². The van der Waals surface area contributed by atoms with E-state index in [1.807, 2.05) is 0 Å². The first-order chi connectivity index (χ1) is 7.88. The Labute approximate surface area is 96.2 Å². The van der Waals surface area contributed by atoms with Crippen molar-refractivity contribution in [3.8, 4) is 0 Å². The molecule has 1 aromatic carbocycles. The van der Waals surface area contributed by atoms with Crippen molar-refractivity contribution in [2.45, 2.75) is 25.0 Å². The number of hydrogen-bond acceptors (Lipinski definition) is 2. The number of aliphatic hydroxyl groups is 1. The summed E-state index contributed by atoms with van der Waals surface area (Å²) in [7, 11) is 0. The lowest BCUT2D eigenvalue weighted by molar-refractivity contribution is 0.189. The van der Waals surface area contributed by atoms with Gasteiger partial charge in [-0.1, -0.05) is 42.5 Å². The van der Waals surface area contributed by atoms with Crippen molar-refractivity contribution in [2.75, 3.05) is 6.61 Å². The molecule has 2 heterocycles. The van der Waals surface area contributed by atoms with Crippen molar-refractivity contribution in [3.63, 3.8) is 0 Å². The van der Waals surface area contributed by atoms with Crippen LogP contribution in [0.2, 0.25) is 0 Å². The highest BCUT2D eigenvalue weighted by Crippen LogP contribution is 2.37. The van der Waals surface area contributed by atoms with Gasteiger partial charge in [0, 0.05) is 31.2 Å². The zero-order chi connectivity index (χ0) is 11.0. The minimum absolute atomic E-state index is 0.316. The minimum Gasteiger partial charge on any atom is -0.396 e. The average Bonchev–Trinajstić information content (AvgIpc) is 2.87. The van der Waals surface area contributed by atoms with Crippen molar-refractivity contribution in [2.24, 2.45) is 5.92 Å². The molecular weight excluding hydrogens is 198 g/mol. The molecule has 2 aliphatic heterocycles. The fraction of sp³-hybridized carbons (Fsp3) is 0.429. The molecule has 1 saturated heterocycles. The second-order valence-corrected chi connectivity index (χ2v) is 4.78. The van der Waals surface area contributed by atoms with E-state index in [0.717, 1.165) is 13.0 Å². The maximum Gasteiger partial charge on any atom is 0.0478 e. The fourth-order valence-corrected chi connectivity index (χ4v) is 2.98. The maximum atomic E-state index is 9.31. The molecule has 0 unspecified atom stereocenters. The number of aliphatic hydroxyl groups excluding tert-OH is 1. The molecule has 1 aromatic rings. The van der Waals surface area contributed by atoms with E-state index >= 15 is 0 Å². The maximum absolute atomic E-state index is 9.31. The highest BCUT2D eigenvalue weighted by molar-refractivity contribution is 5.22. The summed E-state index contributed by atoms with van der Waals surface area (Å²) < 4.78 is 0. The molecule has 0 saturated carbocycles. The van der Waals surface area contributed by atoms with Gasteiger partial charge in [-0.15, -0.1) is 0 Å². The Morgan fingerprint density at radius 1 is 1.19 bits per heavy atom. The Balaban J connectivity index is 1.74. The van der Waals surface area contributed by atoms with Gasteiger partial charge >= 0.3 is 0 Å². The molecule has 0 spiro atoms. The van der Waals surface area contributed by atoms with Gasteiger partial charge in [-0.3, -0.25) is 4.90 Å². The number of benzene rings is 1. The van der Waals surface area contributed by atoms with Crippen molar-refractivity contribution in [1.29, 1.82) is 0 Å². The molecule has 1 N–H and O–H groups in total. The average molecular weight is 215 g/mol. The van der Waals surface area contributed by atoms with Crippen molar-refractivity contribution in [3.05, 3.63) is 48.0 Å². The largest absolute Gasteiger partial charge is 0.396 e. The Hall–Kier alpha value is -1.12. The molecule has 0 aliphatic carbocycles. The van der Waals surface area contributed by atoms with E-state index in [9.17, 15) is 5.11 Å². The highest BCUT2D eigenvalue weighted by atomic mass is 16.3. The Bertz CT molecular complexity index is 387. The standard InChI is InChI=1S/C14H17NO/c16-10-12-8-13-6-7-14(12)15(13)9-11-4-2-1-3-5-11/h1-7,12-14,16H,8-10H2/t12-,13-,14+/m1/s1. The minimum atomic E-state index is 0.316. The van der Waals surface area contributed by atoms with Crippen LogP contribution >= 0.6 is 0 Å². The Kier molecular flexibility index (Phi) is 2.54. The van der Waals surface area contributed by atoms with Crippen LogP contribution in [0.5, 0.6) is 0 Å². The summed E-state index contributed by atoms with van der Waals surface area (Å²) in [6, 6.07) is 11.6. The Morgan fingerprint density at radius 3 is 2.69 bits per heavy atom. The lowest BCUT2D eigenvalue weighted by Gasteiger charge is -2.23. The number of fused-ring (bicyclic) bond motifs is 2. The summed E-state index contributed by atoms with van der Waals surface area (Å²) >= 11 is 0. The quantitative estimate of drug-likeness (QED) is 0.777. The van der Waals surface area contributed by atoms with Gasteiger partial charge in [-0.2, -0.15) is 0 Å². The van der Waals surface area contributed by atoms with E-state index in [2.05, 4.69) is 47.4 Å². The summed E-state index contributed by atoms with van der Waals surface area (Å²) in [4.78, 5) is 2.50. The topological polar surface area (TPSA) is 23.5 Å². The van der Waals surface area contributed by atoms with Crippen LogP contribution in [0, 0.1) is 5.92 Å². The number of nitrogens with zero attached hydrogens (tertiary/aromatic N) is 1. The molecule has 2 bridgehead atoms. The lowest BCUT2D eigenvalue weighted by atomic mass is 9.95. The molecule has 0 aromatic heterocycles. The van der Waals surface area contributed by atoms with Crippen LogP contribution in [0.15, 0.2) is 42.5 Å². The molecule has 84 valence electrons. The second-order valence-electron chi connectivity index (χ2n) is 4.78. The number of rotatable bonds is 3. The first kappa shape index (κ1) is 10.1. The van der Waals surface area contributed by atoms with Gasteiger partial charge in [0.25, 0.3) is 0 Å². The molecule has 3 rings (SSSR count). The van der Waals surface area contributed by atoms with Crippen molar-refractivity contribution < 1.29 is 5.11 Å². The molecule has 16 heavy (non-hydrogen) atoms. The monoisotopic (exact) mass is 215 g/mol. The van der Waals surface area contributed by atoms with Gasteiger partial charge < -0.3 is 5.11 Å². The summed E-state index contributed by atoms with van der Waals surface area (Å²) in [5.41, 5.74) is 1.36. The first-order valence-electron chi connectivity index (χ1n) is 5.97. The molecule has 2 aliphatic rings. The van der Waals surface area contributed by atoms with Gasteiger partial charge in [-0.05, 0) is 12.0 Å². The summed E-state index contributed by atoms with van der Waals surface area (Å²) in [6.07, 6.45) is 5.67. The molecule has 2 heteroatoms. The lowest BCUT2D eigenvalue weighted by Crippen LogP contribution is -2.31. The molecule has 0 amide bonds. The summed E-state index contributed by atoms with van der Waals surface area (Å²) in [6.45, 7) is 1.32. The van der Waals surface area contributed by atoms with Gasteiger partial charge in [-0.25, -0.2) is 0 Å². The molecule has 2 nitrogen and oxygen atoms in total. The highest BCUT2D eigenvalue weighted by Gasteiger charge is 2.41. The Morgan fingerprint density at radius 2 is 2.00 bits per heavy atom. The van der Waals surface area contributed by atoms with Crippen LogP contribution in [-0.4, -0.2) is 28.7 Å². The predicted molar refractivity (Wildman–Crippen MR) is 63.9 cm³/mol. The van der Waals surface area contributed by atoms with Crippen LogP contribution in [0.1, 0.15) is 12.0 Å². The summed E-state index contributed by atoms with van der Waals surface area (Å²) in [5, 5.41) is 9.31. The van der Waals surface area contributed by atoms with E-state index in [0.29, 0.717) is 24.6 Å². The third kappa shape index (κ3) is 1.58. The van der Waals surface area contributed by atoms with Gasteiger partial charge in [0.15, 0.2) is 0 Å². The van der Waals surface area contributed by atoms with Crippen LogP contribution in [-0.2, 0) is 6.54 Å². The van der Waals surface area contributed by atoms with E-state index in [1.165, 1.54) is 5.56 Å². The SMILES string of the molecule is OC[C@H]1C[C@H]2C=C[C@@H]1N2Cc1ccccc1. The van der Waals surface area contributed by atoms with Crippen molar-refractivity contribution >= 4 is 0 Å². The van der Waals surface area contributed by atoms with Gasteiger partial charge in [0.1, 0.15) is 0 Å². The zero-order valence-electron chi connectivity index (χ0n) is 9.29. The summed E-state index contributed by atoms with van der Waals surface area (Å²) in [5.74, 6) is 0.443. The van der Waals surface area contributed by atoms with E-state index in [-0.39, 0.29) is 0 Å².